The van der Waals surface area contributed by atoms with Crippen molar-refractivity contribution in [3.8, 4) is 5.75 Å². The van der Waals surface area contributed by atoms with Crippen LogP contribution in [-0.2, 0) is 17.9 Å². The van der Waals surface area contributed by atoms with Crippen molar-refractivity contribution in [3.63, 3.8) is 0 Å². The fourth-order valence-electron chi connectivity index (χ4n) is 4.22. The van der Waals surface area contributed by atoms with Gasteiger partial charge in [0.1, 0.15) is 16.4 Å². The summed E-state index contributed by atoms with van der Waals surface area (Å²) < 4.78 is 7.17. The second kappa shape index (κ2) is 9.31. The topological polar surface area (TPSA) is 84.7 Å². The SMILES string of the molecule is CCN(CC)Cc1nc2sc(C)c(C)c2c(=O)n1CC(=O)c1ccc2c(c1)N(C)C(=O)C(C)O2. The van der Waals surface area contributed by atoms with Crippen LogP contribution in [0.4, 0.5) is 5.69 Å². The van der Waals surface area contributed by atoms with Gasteiger partial charge >= 0.3 is 0 Å². The van der Waals surface area contributed by atoms with E-state index in [1.54, 1.807) is 32.2 Å². The van der Waals surface area contributed by atoms with Crippen LogP contribution in [0.15, 0.2) is 23.0 Å². The number of nitrogens with zero attached hydrogens (tertiary/aromatic N) is 4. The molecule has 0 saturated carbocycles. The van der Waals surface area contributed by atoms with Crippen LogP contribution >= 0.6 is 11.3 Å². The first-order valence-electron chi connectivity index (χ1n) is 11.5. The number of fused-ring (bicyclic) bond motifs is 2. The molecule has 0 bridgehead atoms. The van der Waals surface area contributed by atoms with Crippen molar-refractivity contribution in [1.29, 1.82) is 0 Å². The van der Waals surface area contributed by atoms with E-state index in [1.807, 2.05) is 13.8 Å². The van der Waals surface area contributed by atoms with Crippen molar-refractivity contribution in [2.75, 3.05) is 25.0 Å². The number of carbonyl (C=O) groups is 2. The summed E-state index contributed by atoms with van der Waals surface area (Å²) in [6.07, 6.45) is -0.574. The molecule has 3 aromatic rings. The maximum absolute atomic E-state index is 13.6. The number of hydrogen-bond acceptors (Lipinski definition) is 7. The van der Waals surface area contributed by atoms with Gasteiger partial charge < -0.3 is 9.64 Å². The highest BCUT2D eigenvalue weighted by molar-refractivity contribution is 7.18. The lowest BCUT2D eigenvalue weighted by Gasteiger charge is -2.30. The van der Waals surface area contributed by atoms with E-state index >= 15 is 0 Å². The maximum atomic E-state index is 13.6. The molecule has 0 radical (unpaired) electrons. The lowest BCUT2D eigenvalue weighted by atomic mass is 10.1. The lowest BCUT2D eigenvalue weighted by Crippen LogP contribution is -2.42. The van der Waals surface area contributed by atoms with Crippen molar-refractivity contribution >= 4 is 38.9 Å². The van der Waals surface area contributed by atoms with Crippen molar-refractivity contribution < 1.29 is 14.3 Å². The highest BCUT2D eigenvalue weighted by Gasteiger charge is 2.29. The molecular weight excluding hydrogens is 452 g/mol. The van der Waals surface area contributed by atoms with Gasteiger partial charge in [0.15, 0.2) is 11.9 Å². The molecular formula is C25H30N4O4S. The number of Topliss-reactive ketones (excluding diaryl/α,β-unsaturated/α-hetero) is 1. The molecule has 180 valence electrons. The van der Waals surface area contributed by atoms with E-state index in [4.69, 9.17) is 9.72 Å². The van der Waals surface area contributed by atoms with Crippen LogP contribution in [-0.4, -0.2) is 52.4 Å². The van der Waals surface area contributed by atoms with E-state index in [-0.39, 0.29) is 23.8 Å². The summed E-state index contributed by atoms with van der Waals surface area (Å²) in [7, 11) is 1.67. The average molecular weight is 483 g/mol. The van der Waals surface area contributed by atoms with Crippen LogP contribution in [0, 0.1) is 13.8 Å². The van der Waals surface area contributed by atoms with Crippen LogP contribution < -0.4 is 15.2 Å². The monoisotopic (exact) mass is 482 g/mol. The molecule has 1 amide bonds. The van der Waals surface area contributed by atoms with Gasteiger partial charge in [-0.1, -0.05) is 13.8 Å². The van der Waals surface area contributed by atoms with Crippen LogP contribution in [0.2, 0.25) is 0 Å². The van der Waals surface area contributed by atoms with Gasteiger partial charge in [0.05, 0.1) is 24.2 Å². The van der Waals surface area contributed by atoms with E-state index in [2.05, 4.69) is 18.7 Å². The molecule has 34 heavy (non-hydrogen) atoms. The molecule has 1 atom stereocenters. The van der Waals surface area contributed by atoms with E-state index < -0.39 is 6.10 Å². The normalized spacial score (nSPS) is 15.7. The quantitative estimate of drug-likeness (QED) is 0.479. The van der Waals surface area contributed by atoms with Crippen LogP contribution in [0.3, 0.4) is 0 Å². The number of ketones is 1. The van der Waals surface area contributed by atoms with E-state index in [9.17, 15) is 14.4 Å². The Bertz CT molecular complexity index is 1340. The number of aryl methyl sites for hydroxylation is 2. The first-order chi connectivity index (χ1) is 16.2. The number of thiophene rings is 1. The zero-order chi connectivity index (χ0) is 24.7. The fraction of sp³-hybridized carbons (Fsp3) is 0.440. The predicted molar refractivity (Wildman–Crippen MR) is 134 cm³/mol. The Balaban J connectivity index is 1.76. The average Bonchev–Trinajstić information content (AvgIpc) is 3.11. The smallest absolute Gasteiger partial charge is 0.267 e. The number of hydrogen-bond donors (Lipinski definition) is 0. The largest absolute Gasteiger partial charge is 0.479 e. The van der Waals surface area contributed by atoms with E-state index in [0.717, 1.165) is 23.5 Å². The lowest BCUT2D eigenvalue weighted by molar-refractivity contribution is -0.125. The minimum atomic E-state index is -0.574. The first-order valence-corrected chi connectivity index (χ1v) is 12.3. The third-order valence-corrected chi connectivity index (χ3v) is 7.65. The first kappa shape index (κ1) is 24.1. The van der Waals surface area contributed by atoms with Crippen LogP contribution in [0.1, 0.15) is 47.4 Å². The molecule has 1 aliphatic rings. The van der Waals surface area contributed by atoms with Gasteiger partial charge in [0.2, 0.25) is 0 Å². The molecule has 1 unspecified atom stereocenters. The number of rotatable bonds is 7. The molecule has 1 aliphatic heterocycles. The second-order valence-corrected chi connectivity index (χ2v) is 9.81. The fourth-order valence-corrected chi connectivity index (χ4v) is 5.26. The summed E-state index contributed by atoms with van der Waals surface area (Å²) in [4.78, 5) is 49.5. The van der Waals surface area contributed by atoms with Gasteiger partial charge in [0, 0.05) is 17.5 Å². The molecule has 0 saturated heterocycles. The number of anilines is 1. The molecule has 1 aromatic carbocycles. The van der Waals surface area contributed by atoms with Gasteiger partial charge in [-0.25, -0.2) is 4.98 Å². The summed E-state index contributed by atoms with van der Waals surface area (Å²) in [5.74, 6) is 0.736. The van der Waals surface area contributed by atoms with Crippen molar-refractivity contribution in [2.45, 2.75) is 53.8 Å². The Morgan fingerprint density at radius 1 is 1.21 bits per heavy atom. The highest BCUT2D eigenvalue weighted by atomic mass is 32.1. The van der Waals surface area contributed by atoms with E-state index in [1.165, 1.54) is 20.8 Å². The Morgan fingerprint density at radius 2 is 1.91 bits per heavy atom. The summed E-state index contributed by atoms with van der Waals surface area (Å²) in [6.45, 7) is 11.7. The summed E-state index contributed by atoms with van der Waals surface area (Å²) in [6, 6.07) is 5.04. The third-order valence-electron chi connectivity index (χ3n) is 6.55. The molecule has 3 heterocycles. The van der Waals surface area contributed by atoms with Crippen LogP contribution in [0.25, 0.3) is 10.2 Å². The standard InChI is InChI=1S/C25H30N4O4S/c1-7-28(8-2)13-21-26-23-22(14(3)16(5)34-23)25(32)29(21)12-19(30)17-9-10-20-18(11-17)27(6)24(31)15(4)33-20/h9-11,15H,7-8,12-13H2,1-6H3. The van der Waals surface area contributed by atoms with Gasteiger partial charge in [0.25, 0.3) is 11.5 Å². The zero-order valence-electron chi connectivity index (χ0n) is 20.5. The highest BCUT2D eigenvalue weighted by Crippen LogP contribution is 2.34. The maximum Gasteiger partial charge on any atom is 0.267 e. The van der Waals surface area contributed by atoms with E-state index in [0.29, 0.717) is 39.6 Å². The number of likely N-dealkylation sites (N-methyl/N-ethyl adjacent to an activating group) is 1. The van der Waals surface area contributed by atoms with Crippen LogP contribution in [0.5, 0.6) is 5.75 Å². The molecule has 4 rings (SSSR count). The minimum Gasteiger partial charge on any atom is -0.479 e. The molecule has 2 aromatic heterocycles. The molecule has 8 nitrogen and oxygen atoms in total. The zero-order valence-corrected chi connectivity index (χ0v) is 21.3. The summed E-state index contributed by atoms with van der Waals surface area (Å²) in [5, 5.41) is 0.580. The van der Waals surface area contributed by atoms with Gasteiger partial charge in [-0.15, -0.1) is 11.3 Å². The van der Waals surface area contributed by atoms with Crippen molar-refractivity contribution in [1.82, 2.24) is 14.5 Å². The molecule has 9 heteroatoms. The molecule has 0 aliphatic carbocycles. The second-order valence-electron chi connectivity index (χ2n) is 8.61. The number of amides is 1. The molecule has 0 spiro atoms. The third kappa shape index (κ3) is 4.14. The van der Waals surface area contributed by atoms with Crippen molar-refractivity contribution in [3.05, 3.63) is 50.4 Å². The minimum absolute atomic E-state index is 0.125. The Labute approximate surface area is 202 Å². The number of benzene rings is 1. The van der Waals surface area contributed by atoms with Gasteiger partial charge in [-0.05, 0) is 57.6 Å². The Hall–Kier alpha value is -3.04. The molecule has 0 fully saturated rings. The molecule has 0 N–H and O–H groups in total. The number of ether oxygens (including phenoxy) is 1. The number of carbonyl (C=O) groups excluding carboxylic acids is 2. The van der Waals surface area contributed by atoms with Gasteiger partial charge in [-0.2, -0.15) is 0 Å². The van der Waals surface area contributed by atoms with Crippen molar-refractivity contribution in [2.24, 2.45) is 0 Å². The Morgan fingerprint density at radius 3 is 2.59 bits per heavy atom. The summed E-state index contributed by atoms with van der Waals surface area (Å²) in [5.41, 5.74) is 1.68. The van der Waals surface area contributed by atoms with Gasteiger partial charge in [-0.3, -0.25) is 23.9 Å². The Kier molecular flexibility index (Phi) is 6.60. The summed E-state index contributed by atoms with van der Waals surface area (Å²) >= 11 is 1.51. The predicted octanol–water partition coefficient (Wildman–Crippen LogP) is 3.54. The number of aromatic nitrogens is 2.